The molecular formula is C10H20O3. The van der Waals surface area contributed by atoms with E-state index in [2.05, 4.69) is 13.8 Å². The van der Waals surface area contributed by atoms with Crippen molar-refractivity contribution in [3.8, 4) is 0 Å². The molecule has 0 aromatic carbocycles. The number of ether oxygens (including phenoxy) is 3. The van der Waals surface area contributed by atoms with E-state index in [1.807, 2.05) is 13.8 Å². The Morgan fingerprint density at radius 1 is 1.08 bits per heavy atom. The van der Waals surface area contributed by atoms with Crippen molar-refractivity contribution in [3.63, 3.8) is 0 Å². The molecule has 3 nitrogen and oxygen atoms in total. The zero-order valence-corrected chi connectivity index (χ0v) is 9.05. The van der Waals surface area contributed by atoms with E-state index in [0.717, 1.165) is 12.8 Å². The Hall–Kier alpha value is -0.120. The summed E-state index contributed by atoms with van der Waals surface area (Å²) in [7, 11) is 0. The van der Waals surface area contributed by atoms with Crippen molar-refractivity contribution in [2.24, 2.45) is 0 Å². The molecule has 78 valence electrons. The molecule has 0 bridgehead atoms. The standard InChI is InChI=1S/C10H20O3/c1-5-11-10(12-6-2)8-7-9(3,4)13-10/h5-8H2,1-4H3. The third kappa shape index (κ3) is 2.66. The summed E-state index contributed by atoms with van der Waals surface area (Å²) in [6, 6.07) is 0. The van der Waals surface area contributed by atoms with E-state index in [1.54, 1.807) is 0 Å². The molecule has 1 rings (SSSR count). The molecule has 0 amide bonds. The van der Waals surface area contributed by atoms with Gasteiger partial charge in [-0.05, 0) is 34.1 Å². The molecule has 0 aliphatic carbocycles. The Morgan fingerprint density at radius 3 is 1.92 bits per heavy atom. The van der Waals surface area contributed by atoms with E-state index in [-0.39, 0.29) is 5.60 Å². The van der Waals surface area contributed by atoms with Crippen molar-refractivity contribution in [2.45, 2.75) is 52.1 Å². The normalized spacial score (nSPS) is 24.9. The molecule has 0 spiro atoms. The summed E-state index contributed by atoms with van der Waals surface area (Å²) >= 11 is 0. The lowest BCUT2D eigenvalue weighted by Crippen LogP contribution is -2.38. The molecule has 0 aromatic rings. The minimum atomic E-state index is -0.771. The van der Waals surface area contributed by atoms with Gasteiger partial charge in [0.2, 0.25) is 0 Å². The third-order valence-corrected chi connectivity index (χ3v) is 2.19. The van der Waals surface area contributed by atoms with Gasteiger partial charge in [0.05, 0.1) is 5.60 Å². The van der Waals surface area contributed by atoms with Crippen molar-refractivity contribution >= 4 is 0 Å². The third-order valence-electron chi connectivity index (χ3n) is 2.19. The summed E-state index contributed by atoms with van der Waals surface area (Å²) in [6.45, 7) is 9.27. The summed E-state index contributed by atoms with van der Waals surface area (Å²) in [5.41, 5.74) is -0.121. The minimum Gasteiger partial charge on any atom is -0.328 e. The summed E-state index contributed by atoms with van der Waals surface area (Å²) in [6.07, 6.45) is 1.80. The van der Waals surface area contributed by atoms with E-state index < -0.39 is 5.97 Å². The van der Waals surface area contributed by atoms with Gasteiger partial charge in [0, 0.05) is 19.6 Å². The quantitative estimate of drug-likeness (QED) is 0.633. The first-order valence-electron chi connectivity index (χ1n) is 5.02. The topological polar surface area (TPSA) is 27.7 Å². The molecule has 3 heteroatoms. The van der Waals surface area contributed by atoms with Crippen molar-refractivity contribution < 1.29 is 14.2 Å². The fourth-order valence-corrected chi connectivity index (χ4v) is 1.66. The lowest BCUT2D eigenvalue weighted by Gasteiger charge is -2.30. The molecule has 0 N–H and O–H groups in total. The van der Waals surface area contributed by atoms with Crippen molar-refractivity contribution in [1.29, 1.82) is 0 Å². The van der Waals surface area contributed by atoms with E-state index in [1.165, 1.54) is 0 Å². The van der Waals surface area contributed by atoms with Gasteiger partial charge >= 0.3 is 0 Å². The summed E-state index contributed by atoms with van der Waals surface area (Å²) in [5.74, 6) is -0.771. The molecule has 1 saturated heterocycles. The second-order valence-corrected chi connectivity index (χ2v) is 3.91. The van der Waals surface area contributed by atoms with Crippen molar-refractivity contribution in [2.75, 3.05) is 13.2 Å². The summed E-state index contributed by atoms with van der Waals surface area (Å²) in [4.78, 5) is 0. The highest BCUT2D eigenvalue weighted by Crippen LogP contribution is 2.38. The molecule has 0 radical (unpaired) electrons. The first-order chi connectivity index (χ1) is 6.04. The van der Waals surface area contributed by atoms with Crippen LogP contribution in [0.25, 0.3) is 0 Å². The van der Waals surface area contributed by atoms with Crippen LogP contribution < -0.4 is 0 Å². The van der Waals surface area contributed by atoms with Gasteiger partial charge < -0.3 is 14.2 Å². The van der Waals surface area contributed by atoms with Crippen LogP contribution in [0.5, 0.6) is 0 Å². The van der Waals surface area contributed by atoms with Crippen LogP contribution in [-0.2, 0) is 14.2 Å². The van der Waals surface area contributed by atoms with Crippen molar-refractivity contribution in [3.05, 3.63) is 0 Å². The monoisotopic (exact) mass is 188 g/mol. The Balaban J connectivity index is 2.59. The van der Waals surface area contributed by atoms with Gasteiger partial charge in [-0.25, -0.2) is 0 Å². The molecule has 1 aliphatic heterocycles. The lowest BCUT2D eigenvalue weighted by molar-refractivity contribution is -0.377. The molecule has 13 heavy (non-hydrogen) atoms. The van der Waals surface area contributed by atoms with E-state index in [9.17, 15) is 0 Å². The summed E-state index contributed by atoms with van der Waals surface area (Å²) in [5, 5.41) is 0. The predicted molar refractivity (Wildman–Crippen MR) is 50.4 cm³/mol. The smallest absolute Gasteiger partial charge is 0.283 e. The zero-order valence-electron chi connectivity index (χ0n) is 9.05. The van der Waals surface area contributed by atoms with Crippen LogP contribution >= 0.6 is 0 Å². The van der Waals surface area contributed by atoms with Crippen LogP contribution in [-0.4, -0.2) is 24.8 Å². The van der Waals surface area contributed by atoms with E-state index in [0.29, 0.717) is 13.2 Å². The van der Waals surface area contributed by atoms with E-state index in [4.69, 9.17) is 14.2 Å². The number of rotatable bonds is 4. The average Bonchev–Trinajstić information content (AvgIpc) is 2.28. The first kappa shape index (κ1) is 11.0. The largest absolute Gasteiger partial charge is 0.328 e. The predicted octanol–water partition coefficient (Wildman–Crippen LogP) is 2.30. The Morgan fingerprint density at radius 2 is 1.62 bits per heavy atom. The molecule has 1 heterocycles. The number of hydrogen-bond donors (Lipinski definition) is 0. The zero-order chi connectivity index (χ0) is 9.95. The summed E-state index contributed by atoms with van der Waals surface area (Å²) < 4.78 is 16.8. The van der Waals surface area contributed by atoms with Crippen LogP contribution in [0.2, 0.25) is 0 Å². The maximum Gasteiger partial charge on any atom is 0.283 e. The molecule has 0 aromatic heterocycles. The van der Waals surface area contributed by atoms with Crippen LogP contribution in [0, 0.1) is 0 Å². The maximum atomic E-state index is 5.77. The number of hydrogen-bond acceptors (Lipinski definition) is 3. The lowest BCUT2D eigenvalue weighted by atomic mass is 10.1. The molecule has 0 atom stereocenters. The Bertz CT molecular complexity index is 160. The van der Waals surface area contributed by atoms with Gasteiger partial charge in [-0.15, -0.1) is 0 Å². The SMILES string of the molecule is CCOC1(OCC)CCC(C)(C)O1. The van der Waals surface area contributed by atoms with Gasteiger partial charge in [-0.2, -0.15) is 0 Å². The first-order valence-corrected chi connectivity index (χ1v) is 5.02. The van der Waals surface area contributed by atoms with E-state index >= 15 is 0 Å². The fraction of sp³-hybridized carbons (Fsp3) is 1.00. The maximum absolute atomic E-state index is 5.77. The second kappa shape index (κ2) is 3.95. The molecule has 0 unspecified atom stereocenters. The van der Waals surface area contributed by atoms with Crippen LogP contribution in [0.3, 0.4) is 0 Å². The highest BCUT2D eigenvalue weighted by molar-refractivity contribution is 4.81. The Labute approximate surface area is 80.4 Å². The highest BCUT2D eigenvalue weighted by atomic mass is 16.9. The Kier molecular flexibility index (Phi) is 3.33. The van der Waals surface area contributed by atoms with Crippen LogP contribution in [0.15, 0.2) is 0 Å². The second-order valence-electron chi connectivity index (χ2n) is 3.91. The van der Waals surface area contributed by atoms with Gasteiger partial charge in [0.25, 0.3) is 5.97 Å². The van der Waals surface area contributed by atoms with Gasteiger partial charge in [-0.3, -0.25) is 0 Å². The van der Waals surface area contributed by atoms with Gasteiger partial charge in [0.1, 0.15) is 0 Å². The van der Waals surface area contributed by atoms with Crippen molar-refractivity contribution in [1.82, 2.24) is 0 Å². The highest BCUT2D eigenvalue weighted by Gasteiger charge is 2.46. The fourth-order valence-electron chi connectivity index (χ4n) is 1.66. The average molecular weight is 188 g/mol. The van der Waals surface area contributed by atoms with Gasteiger partial charge in [-0.1, -0.05) is 0 Å². The van der Waals surface area contributed by atoms with Gasteiger partial charge in [0.15, 0.2) is 0 Å². The van der Waals surface area contributed by atoms with Crippen LogP contribution in [0.1, 0.15) is 40.5 Å². The molecule has 1 aliphatic rings. The molecule has 1 fully saturated rings. The van der Waals surface area contributed by atoms with Crippen LogP contribution in [0.4, 0.5) is 0 Å². The molecule has 0 saturated carbocycles. The minimum absolute atomic E-state index is 0.121. The molecular weight excluding hydrogens is 168 g/mol.